The van der Waals surface area contributed by atoms with Gasteiger partial charge in [0.05, 0.1) is 20.8 Å². The molecule has 27 heavy (non-hydrogen) atoms. The average Bonchev–Trinajstić information content (AvgIpc) is 2.72. The molecule has 0 unspecified atom stereocenters. The number of ether oxygens (including phenoxy) is 3. The van der Waals surface area contributed by atoms with Crippen LogP contribution in [0.1, 0.15) is 25.3 Å². The number of hydrogen-bond donors (Lipinski definition) is 2. The molecule has 0 saturated carbocycles. The van der Waals surface area contributed by atoms with E-state index in [4.69, 9.17) is 19.2 Å². The summed E-state index contributed by atoms with van der Waals surface area (Å²) >= 11 is 1.91. The second-order valence-corrected chi connectivity index (χ2v) is 7.84. The summed E-state index contributed by atoms with van der Waals surface area (Å²) in [6, 6.07) is 6.04. The Bertz CT molecular complexity index is 604. The Labute approximate surface area is 167 Å². The van der Waals surface area contributed by atoms with Crippen molar-refractivity contribution in [3.8, 4) is 11.5 Å². The highest BCUT2D eigenvalue weighted by atomic mass is 32.2. The molecule has 6 nitrogen and oxygen atoms in total. The van der Waals surface area contributed by atoms with E-state index >= 15 is 0 Å². The summed E-state index contributed by atoms with van der Waals surface area (Å²) in [6.45, 7) is 6.21. The molecule has 0 aromatic heterocycles. The van der Waals surface area contributed by atoms with E-state index in [2.05, 4.69) is 29.9 Å². The molecule has 152 valence electrons. The van der Waals surface area contributed by atoms with Crippen LogP contribution in [0.3, 0.4) is 0 Å². The largest absolute Gasteiger partial charge is 0.493 e. The van der Waals surface area contributed by atoms with Crippen molar-refractivity contribution in [2.24, 2.45) is 4.99 Å². The number of nitrogens with zero attached hydrogens (tertiary/aromatic N) is 1. The molecule has 2 N–H and O–H groups in total. The number of guanidine groups is 1. The molecule has 1 aliphatic heterocycles. The lowest BCUT2D eigenvalue weighted by Gasteiger charge is -2.34. The van der Waals surface area contributed by atoms with Gasteiger partial charge in [0.25, 0.3) is 0 Å². The number of methoxy groups -OCH3 is 2. The molecule has 0 atom stereocenters. The van der Waals surface area contributed by atoms with Crippen LogP contribution >= 0.6 is 11.8 Å². The Balaban J connectivity index is 1.92. The van der Waals surface area contributed by atoms with Crippen molar-refractivity contribution in [2.75, 3.05) is 53.3 Å². The van der Waals surface area contributed by atoms with Crippen LogP contribution in [-0.2, 0) is 11.2 Å². The van der Waals surface area contributed by atoms with Crippen LogP contribution in [0.15, 0.2) is 23.2 Å². The first-order valence-corrected chi connectivity index (χ1v) is 10.7. The molecule has 0 bridgehead atoms. The molecule has 1 saturated heterocycles. The van der Waals surface area contributed by atoms with Gasteiger partial charge in [-0.3, -0.25) is 4.99 Å². The maximum absolute atomic E-state index is 5.52. The summed E-state index contributed by atoms with van der Waals surface area (Å²) in [4.78, 5) is 4.85. The Hall–Kier alpha value is -1.60. The van der Waals surface area contributed by atoms with Gasteiger partial charge in [-0.2, -0.15) is 11.8 Å². The lowest BCUT2D eigenvalue weighted by Crippen LogP contribution is -2.41. The highest BCUT2D eigenvalue weighted by Gasteiger charge is 2.31. The summed E-state index contributed by atoms with van der Waals surface area (Å²) in [7, 11) is 3.31. The fourth-order valence-electron chi connectivity index (χ4n) is 3.10. The van der Waals surface area contributed by atoms with E-state index in [9.17, 15) is 0 Å². The zero-order valence-corrected chi connectivity index (χ0v) is 17.8. The topological polar surface area (TPSA) is 64.1 Å². The van der Waals surface area contributed by atoms with E-state index in [1.165, 1.54) is 5.56 Å². The summed E-state index contributed by atoms with van der Waals surface area (Å²) in [5.41, 5.74) is 1.20. The van der Waals surface area contributed by atoms with Gasteiger partial charge in [0.1, 0.15) is 0 Å². The van der Waals surface area contributed by atoms with Crippen molar-refractivity contribution in [2.45, 2.75) is 30.9 Å². The predicted molar refractivity (Wildman–Crippen MR) is 114 cm³/mol. The van der Waals surface area contributed by atoms with Gasteiger partial charge in [0, 0.05) is 31.1 Å². The second kappa shape index (κ2) is 11.3. The zero-order chi connectivity index (χ0) is 19.5. The average molecular weight is 396 g/mol. The number of thioether (sulfide) groups is 1. The monoisotopic (exact) mass is 395 g/mol. The third-order valence-electron chi connectivity index (χ3n) is 4.86. The summed E-state index contributed by atoms with van der Waals surface area (Å²) in [5.74, 6) is 2.39. The zero-order valence-electron chi connectivity index (χ0n) is 17.0. The van der Waals surface area contributed by atoms with Gasteiger partial charge in [-0.1, -0.05) is 6.07 Å². The molecule has 2 rings (SSSR count). The van der Waals surface area contributed by atoms with Crippen molar-refractivity contribution in [3.63, 3.8) is 0 Å². The molecule has 1 aromatic rings. The van der Waals surface area contributed by atoms with Gasteiger partial charge in [0.2, 0.25) is 0 Å². The van der Waals surface area contributed by atoms with Crippen LogP contribution in [0.4, 0.5) is 0 Å². The van der Waals surface area contributed by atoms with Crippen molar-refractivity contribution in [1.82, 2.24) is 10.6 Å². The molecule has 0 aliphatic carbocycles. The van der Waals surface area contributed by atoms with Crippen LogP contribution in [0, 0.1) is 0 Å². The standard InChI is InChI=1S/C20H33N3O3S/c1-5-21-19(23-15-20(27-4)9-12-26-13-10-20)22-11-8-16-6-7-17(24-2)18(14-16)25-3/h6-7,14H,5,8-13,15H2,1-4H3,(H2,21,22,23). The van der Waals surface area contributed by atoms with E-state index in [1.54, 1.807) is 14.2 Å². The number of rotatable bonds is 9. The van der Waals surface area contributed by atoms with Gasteiger partial charge in [-0.25, -0.2) is 0 Å². The van der Waals surface area contributed by atoms with E-state index in [1.807, 2.05) is 23.9 Å². The third-order valence-corrected chi connectivity index (χ3v) is 6.26. The molecular formula is C20H33N3O3S. The van der Waals surface area contributed by atoms with E-state index in [0.29, 0.717) is 0 Å². The number of aliphatic imine (C=N–C) groups is 1. The highest BCUT2D eigenvalue weighted by Crippen LogP contribution is 2.34. The van der Waals surface area contributed by atoms with Crippen molar-refractivity contribution >= 4 is 17.7 Å². The first-order chi connectivity index (χ1) is 13.2. The fourth-order valence-corrected chi connectivity index (χ4v) is 3.87. The molecule has 1 aromatic carbocycles. The lowest BCUT2D eigenvalue weighted by molar-refractivity contribution is 0.0794. The SMILES string of the molecule is CCNC(=NCC1(SC)CCOCC1)NCCc1ccc(OC)c(OC)c1. The Morgan fingerprint density at radius 1 is 1.19 bits per heavy atom. The minimum Gasteiger partial charge on any atom is -0.493 e. The minimum absolute atomic E-state index is 0.198. The first-order valence-electron chi connectivity index (χ1n) is 9.52. The molecule has 1 fully saturated rings. The van der Waals surface area contributed by atoms with E-state index in [-0.39, 0.29) is 4.75 Å². The Morgan fingerprint density at radius 2 is 1.93 bits per heavy atom. The summed E-state index contributed by atoms with van der Waals surface area (Å²) in [6.07, 6.45) is 5.18. The molecule has 1 heterocycles. The second-order valence-electron chi connectivity index (χ2n) is 6.56. The molecule has 0 radical (unpaired) electrons. The third kappa shape index (κ3) is 6.50. The molecule has 1 aliphatic rings. The van der Waals surface area contributed by atoms with Gasteiger partial charge in [0.15, 0.2) is 17.5 Å². The van der Waals surface area contributed by atoms with Gasteiger partial charge < -0.3 is 24.8 Å². The molecular weight excluding hydrogens is 362 g/mol. The van der Waals surface area contributed by atoms with Crippen LogP contribution in [0.2, 0.25) is 0 Å². The number of hydrogen-bond acceptors (Lipinski definition) is 5. The quantitative estimate of drug-likeness (QED) is 0.495. The molecule has 7 heteroatoms. The molecule has 0 spiro atoms. The predicted octanol–water partition coefficient (Wildman–Crippen LogP) is 2.71. The Morgan fingerprint density at radius 3 is 2.56 bits per heavy atom. The van der Waals surface area contributed by atoms with Crippen molar-refractivity contribution in [3.05, 3.63) is 23.8 Å². The first kappa shape index (κ1) is 21.7. The van der Waals surface area contributed by atoms with E-state index < -0.39 is 0 Å². The van der Waals surface area contributed by atoms with Crippen LogP contribution < -0.4 is 20.1 Å². The lowest BCUT2D eigenvalue weighted by atomic mass is 9.99. The van der Waals surface area contributed by atoms with Crippen molar-refractivity contribution in [1.29, 1.82) is 0 Å². The van der Waals surface area contributed by atoms with Crippen LogP contribution in [0.5, 0.6) is 11.5 Å². The smallest absolute Gasteiger partial charge is 0.191 e. The van der Waals surface area contributed by atoms with Crippen LogP contribution in [-0.4, -0.2) is 64.0 Å². The number of benzene rings is 1. The normalized spacial score (nSPS) is 16.7. The van der Waals surface area contributed by atoms with Crippen LogP contribution in [0.25, 0.3) is 0 Å². The minimum atomic E-state index is 0.198. The Kier molecular flexibility index (Phi) is 9.07. The van der Waals surface area contributed by atoms with Crippen molar-refractivity contribution < 1.29 is 14.2 Å². The van der Waals surface area contributed by atoms with Gasteiger partial charge in [-0.15, -0.1) is 0 Å². The number of nitrogens with one attached hydrogen (secondary N) is 2. The summed E-state index contributed by atoms with van der Waals surface area (Å²) in [5, 5.41) is 6.79. The maximum atomic E-state index is 5.52. The fraction of sp³-hybridized carbons (Fsp3) is 0.650. The molecule has 0 amide bonds. The van der Waals surface area contributed by atoms with Gasteiger partial charge in [-0.05, 0) is 50.1 Å². The summed E-state index contributed by atoms with van der Waals surface area (Å²) < 4.78 is 16.4. The maximum Gasteiger partial charge on any atom is 0.191 e. The van der Waals surface area contributed by atoms with Gasteiger partial charge >= 0.3 is 0 Å². The highest BCUT2D eigenvalue weighted by molar-refractivity contribution is 8.00. The van der Waals surface area contributed by atoms with E-state index in [0.717, 1.165) is 69.6 Å².